The van der Waals surface area contributed by atoms with Crippen LogP contribution >= 0.6 is 0 Å². The van der Waals surface area contributed by atoms with Crippen molar-refractivity contribution >= 4 is 11.3 Å². The van der Waals surface area contributed by atoms with Crippen molar-refractivity contribution in [1.29, 1.82) is 0 Å². The first-order chi connectivity index (χ1) is 14.8. The third-order valence-corrected chi connectivity index (χ3v) is 4.96. The normalized spacial score (nSPS) is 11.1. The van der Waals surface area contributed by atoms with E-state index in [1.54, 1.807) is 24.7 Å². The Bertz CT molecular complexity index is 1280. The lowest BCUT2D eigenvalue weighted by Gasteiger charge is -2.08. The second-order valence-electron chi connectivity index (χ2n) is 6.94. The van der Waals surface area contributed by atoms with Gasteiger partial charge in [0.2, 0.25) is 0 Å². The van der Waals surface area contributed by atoms with E-state index in [0.717, 1.165) is 52.4 Å². The number of imidazole rings is 1. The highest BCUT2D eigenvalue weighted by atomic mass is 19.1. The molecule has 0 aliphatic carbocycles. The largest absolute Gasteiger partial charge is 0.370 e. The van der Waals surface area contributed by atoms with Gasteiger partial charge in [-0.2, -0.15) is 5.10 Å². The summed E-state index contributed by atoms with van der Waals surface area (Å²) in [5.41, 5.74) is 5.69. The van der Waals surface area contributed by atoms with Crippen LogP contribution in [0.5, 0.6) is 0 Å². The van der Waals surface area contributed by atoms with Crippen LogP contribution in [0.15, 0.2) is 79.5 Å². The molecular weight excluding hydrogens is 379 g/mol. The minimum Gasteiger partial charge on any atom is -0.370 e. The van der Waals surface area contributed by atoms with Gasteiger partial charge in [-0.15, -0.1) is 0 Å². The standard InChI is InChI=1S/C23H19FN6/c24-18-6-4-16(5-7-18)23-22(20-3-1-2-12-30(20)29-23)17-8-10-26-21(13-17)27-11-9-19-14-25-15-28-19/h1-8,10,12-15H,9,11H2,(H,25,28)(H,26,27). The maximum absolute atomic E-state index is 13.5. The van der Waals surface area contributed by atoms with Crippen LogP contribution < -0.4 is 5.32 Å². The Hall–Kier alpha value is -4.00. The zero-order chi connectivity index (χ0) is 20.3. The second kappa shape index (κ2) is 7.79. The van der Waals surface area contributed by atoms with Gasteiger partial charge < -0.3 is 10.3 Å². The highest BCUT2D eigenvalue weighted by molar-refractivity contribution is 5.92. The van der Waals surface area contributed by atoms with Gasteiger partial charge in [0, 0.05) is 48.4 Å². The maximum atomic E-state index is 13.5. The number of anilines is 1. The minimum absolute atomic E-state index is 0.267. The fourth-order valence-corrected chi connectivity index (χ4v) is 3.52. The third kappa shape index (κ3) is 3.53. The molecule has 5 aromatic rings. The predicted octanol–water partition coefficient (Wildman–Crippen LogP) is 4.58. The van der Waals surface area contributed by atoms with Crippen LogP contribution in [0, 0.1) is 5.82 Å². The lowest BCUT2D eigenvalue weighted by atomic mass is 10.0. The van der Waals surface area contributed by atoms with Crippen LogP contribution in [-0.2, 0) is 6.42 Å². The summed E-state index contributed by atoms with van der Waals surface area (Å²) < 4.78 is 15.3. The van der Waals surface area contributed by atoms with Crippen molar-refractivity contribution < 1.29 is 4.39 Å². The van der Waals surface area contributed by atoms with Crippen molar-refractivity contribution in [2.75, 3.05) is 11.9 Å². The molecule has 0 unspecified atom stereocenters. The van der Waals surface area contributed by atoms with Crippen molar-refractivity contribution in [3.05, 3.63) is 91.0 Å². The van der Waals surface area contributed by atoms with E-state index in [9.17, 15) is 4.39 Å². The number of halogens is 1. The molecule has 7 heteroatoms. The summed E-state index contributed by atoms with van der Waals surface area (Å²) >= 11 is 0. The Morgan fingerprint density at radius 3 is 2.77 bits per heavy atom. The number of benzene rings is 1. The van der Waals surface area contributed by atoms with Crippen molar-refractivity contribution in [3.8, 4) is 22.4 Å². The molecule has 0 fully saturated rings. The summed E-state index contributed by atoms with van der Waals surface area (Å²) in [6.07, 6.45) is 8.02. The van der Waals surface area contributed by atoms with Gasteiger partial charge in [-0.3, -0.25) is 0 Å². The molecule has 0 saturated carbocycles. The number of aromatic nitrogens is 5. The zero-order valence-corrected chi connectivity index (χ0v) is 16.1. The van der Waals surface area contributed by atoms with Crippen LogP contribution in [0.1, 0.15) is 5.69 Å². The molecule has 0 aliphatic heterocycles. The van der Waals surface area contributed by atoms with E-state index in [4.69, 9.17) is 5.10 Å². The molecule has 0 radical (unpaired) electrons. The van der Waals surface area contributed by atoms with E-state index in [0.29, 0.717) is 0 Å². The zero-order valence-electron chi connectivity index (χ0n) is 16.1. The quantitative estimate of drug-likeness (QED) is 0.439. The first-order valence-electron chi connectivity index (χ1n) is 9.69. The maximum Gasteiger partial charge on any atom is 0.126 e. The molecule has 0 saturated heterocycles. The van der Waals surface area contributed by atoms with E-state index in [1.165, 1.54) is 12.1 Å². The molecule has 4 heterocycles. The smallest absolute Gasteiger partial charge is 0.126 e. The minimum atomic E-state index is -0.267. The van der Waals surface area contributed by atoms with E-state index >= 15 is 0 Å². The molecule has 0 bridgehead atoms. The molecule has 4 aromatic heterocycles. The highest BCUT2D eigenvalue weighted by Gasteiger charge is 2.17. The molecule has 0 atom stereocenters. The van der Waals surface area contributed by atoms with Crippen LogP contribution in [0.2, 0.25) is 0 Å². The number of H-pyrrole nitrogens is 1. The summed E-state index contributed by atoms with van der Waals surface area (Å²) in [6, 6.07) is 16.4. The summed E-state index contributed by atoms with van der Waals surface area (Å²) in [5.74, 6) is 0.518. The van der Waals surface area contributed by atoms with E-state index in [2.05, 4.69) is 20.3 Å². The van der Waals surface area contributed by atoms with Gasteiger partial charge in [0.25, 0.3) is 0 Å². The van der Waals surface area contributed by atoms with Gasteiger partial charge in [-0.25, -0.2) is 18.9 Å². The Morgan fingerprint density at radius 1 is 1.03 bits per heavy atom. The summed E-state index contributed by atoms with van der Waals surface area (Å²) in [6.45, 7) is 0.734. The molecule has 0 spiro atoms. The average Bonchev–Trinajstić information content (AvgIpc) is 3.42. The lowest BCUT2D eigenvalue weighted by molar-refractivity contribution is 0.628. The van der Waals surface area contributed by atoms with Gasteiger partial charge >= 0.3 is 0 Å². The van der Waals surface area contributed by atoms with Gasteiger partial charge in [-0.1, -0.05) is 6.07 Å². The molecule has 2 N–H and O–H groups in total. The highest BCUT2D eigenvalue weighted by Crippen LogP contribution is 2.35. The fourth-order valence-electron chi connectivity index (χ4n) is 3.52. The Morgan fingerprint density at radius 2 is 1.93 bits per heavy atom. The number of aromatic amines is 1. The first-order valence-corrected chi connectivity index (χ1v) is 9.69. The Balaban J connectivity index is 1.52. The van der Waals surface area contributed by atoms with Crippen LogP contribution in [-0.4, -0.2) is 31.1 Å². The van der Waals surface area contributed by atoms with Crippen LogP contribution in [0.4, 0.5) is 10.2 Å². The fraction of sp³-hybridized carbons (Fsp3) is 0.0870. The van der Waals surface area contributed by atoms with Gasteiger partial charge in [0.1, 0.15) is 17.3 Å². The lowest BCUT2D eigenvalue weighted by Crippen LogP contribution is -2.06. The predicted molar refractivity (Wildman–Crippen MR) is 115 cm³/mol. The van der Waals surface area contributed by atoms with E-state index < -0.39 is 0 Å². The van der Waals surface area contributed by atoms with Crippen molar-refractivity contribution in [2.24, 2.45) is 0 Å². The van der Waals surface area contributed by atoms with Gasteiger partial charge in [-0.05, 0) is 54.1 Å². The molecule has 0 amide bonds. The number of nitrogens with one attached hydrogen (secondary N) is 2. The number of hydrogen-bond acceptors (Lipinski definition) is 4. The number of hydrogen-bond donors (Lipinski definition) is 2. The Kier molecular flexibility index (Phi) is 4.69. The van der Waals surface area contributed by atoms with E-state index in [-0.39, 0.29) is 5.82 Å². The summed E-state index contributed by atoms with van der Waals surface area (Å²) in [5, 5.41) is 8.12. The molecule has 1 aromatic carbocycles. The number of nitrogens with zero attached hydrogens (tertiary/aromatic N) is 4. The topological polar surface area (TPSA) is 70.9 Å². The average molecular weight is 398 g/mol. The monoisotopic (exact) mass is 398 g/mol. The van der Waals surface area contributed by atoms with Crippen LogP contribution in [0.25, 0.3) is 27.9 Å². The summed E-state index contributed by atoms with van der Waals surface area (Å²) in [4.78, 5) is 11.6. The van der Waals surface area contributed by atoms with Crippen LogP contribution in [0.3, 0.4) is 0 Å². The third-order valence-electron chi connectivity index (χ3n) is 4.96. The number of fused-ring (bicyclic) bond motifs is 1. The van der Waals surface area contributed by atoms with Crippen molar-refractivity contribution in [3.63, 3.8) is 0 Å². The molecular formula is C23H19FN6. The molecule has 6 nitrogen and oxygen atoms in total. The molecule has 30 heavy (non-hydrogen) atoms. The number of rotatable bonds is 6. The molecule has 5 rings (SSSR count). The summed E-state index contributed by atoms with van der Waals surface area (Å²) in [7, 11) is 0. The molecule has 148 valence electrons. The number of pyridine rings is 2. The second-order valence-corrected chi connectivity index (χ2v) is 6.94. The first kappa shape index (κ1) is 18.1. The van der Waals surface area contributed by atoms with Gasteiger partial charge in [0.05, 0.1) is 11.8 Å². The Labute approximate surface area is 172 Å². The van der Waals surface area contributed by atoms with Gasteiger partial charge in [0.15, 0.2) is 0 Å². The van der Waals surface area contributed by atoms with Crippen molar-refractivity contribution in [1.82, 2.24) is 24.6 Å². The molecule has 0 aliphatic rings. The van der Waals surface area contributed by atoms with Crippen molar-refractivity contribution in [2.45, 2.75) is 6.42 Å². The SMILES string of the molecule is Fc1ccc(-c2nn3ccccc3c2-c2ccnc(NCCc3cnc[nH]3)c2)cc1. The van der Waals surface area contributed by atoms with E-state index in [1.807, 2.05) is 47.2 Å².